The Morgan fingerprint density at radius 3 is 2.61 bits per heavy atom. The van der Waals surface area contributed by atoms with Crippen LogP contribution in [-0.4, -0.2) is 18.4 Å². The largest absolute Gasteiger partial charge is 0.461 e. The Morgan fingerprint density at radius 1 is 1.09 bits per heavy atom. The molecule has 116 valence electrons. The van der Waals surface area contributed by atoms with Gasteiger partial charge >= 0.3 is 5.97 Å². The maximum absolute atomic E-state index is 11.8. The summed E-state index contributed by atoms with van der Waals surface area (Å²) in [6, 6.07) is 17.7. The summed E-state index contributed by atoms with van der Waals surface area (Å²) >= 11 is 0. The maximum Gasteiger partial charge on any atom is 0.307 e. The molecule has 0 radical (unpaired) electrons. The molecular weight excluding hydrogens is 292 g/mol. The van der Waals surface area contributed by atoms with Crippen LogP contribution in [-0.2, 0) is 16.1 Å². The molecular formula is C18H16N2O3. The Hall–Kier alpha value is -3.13. The van der Waals surface area contributed by atoms with Crippen molar-refractivity contribution in [2.24, 2.45) is 0 Å². The summed E-state index contributed by atoms with van der Waals surface area (Å²) in [4.78, 5) is 23.4. The second kappa shape index (κ2) is 8.35. The summed E-state index contributed by atoms with van der Waals surface area (Å²) in [5.74, 6) is -0.624. The lowest BCUT2D eigenvalue weighted by molar-refractivity contribution is -0.144. The highest BCUT2D eigenvalue weighted by atomic mass is 16.5. The van der Waals surface area contributed by atoms with Crippen LogP contribution in [0.3, 0.4) is 0 Å². The van der Waals surface area contributed by atoms with Crippen LogP contribution in [0.1, 0.15) is 27.9 Å². The smallest absolute Gasteiger partial charge is 0.307 e. The van der Waals surface area contributed by atoms with Crippen molar-refractivity contribution in [2.75, 3.05) is 6.54 Å². The summed E-state index contributed by atoms with van der Waals surface area (Å²) in [7, 11) is 0. The highest BCUT2D eigenvalue weighted by Gasteiger charge is 2.07. The van der Waals surface area contributed by atoms with Crippen LogP contribution in [0.25, 0.3) is 0 Å². The molecule has 1 amide bonds. The van der Waals surface area contributed by atoms with Gasteiger partial charge in [-0.3, -0.25) is 9.59 Å². The number of nitriles is 1. The molecule has 0 aliphatic rings. The van der Waals surface area contributed by atoms with E-state index in [4.69, 9.17) is 10.00 Å². The van der Waals surface area contributed by atoms with Gasteiger partial charge in [-0.1, -0.05) is 30.3 Å². The monoisotopic (exact) mass is 308 g/mol. The topological polar surface area (TPSA) is 79.2 Å². The molecule has 23 heavy (non-hydrogen) atoms. The minimum absolute atomic E-state index is 0.0938. The number of hydrogen-bond acceptors (Lipinski definition) is 4. The minimum Gasteiger partial charge on any atom is -0.461 e. The lowest BCUT2D eigenvalue weighted by Crippen LogP contribution is -2.26. The number of carbonyl (C=O) groups excluding carboxylic acids is 2. The zero-order chi connectivity index (χ0) is 16.5. The van der Waals surface area contributed by atoms with Crippen LogP contribution in [0.2, 0.25) is 0 Å². The quantitative estimate of drug-likeness (QED) is 0.831. The molecule has 2 rings (SSSR count). The predicted molar refractivity (Wildman–Crippen MR) is 84.3 cm³/mol. The number of esters is 1. The number of nitrogens with one attached hydrogen (secondary N) is 1. The van der Waals surface area contributed by atoms with E-state index in [0.717, 1.165) is 5.56 Å². The van der Waals surface area contributed by atoms with Crippen LogP contribution >= 0.6 is 0 Å². The second-order valence-corrected chi connectivity index (χ2v) is 4.84. The van der Waals surface area contributed by atoms with E-state index in [1.807, 2.05) is 12.1 Å². The van der Waals surface area contributed by atoms with Crippen molar-refractivity contribution in [3.63, 3.8) is 0 Å². The highest BCUT2D eigenvalue weighted by molar-refractivity contribution is 5.94. The van der Waals surface area contributed by atoms with Crippen molar-refractivity contribution in [1.29, 1.82) is 5.26 Å². The molecule has 0 aromatic heterocycles. The van der Waals surface area contributed by atoms with E-state index in [1.54, 1.807) is 48.5 Å². The van der Waals surface area contributed by atoms with Crippen molar-refractivity contribution in [2.45, 2.75) is 13.0 Å². The van der Waals surface area contributed by atoms with Gasteiger partial charge in [0.25, 0.3) is 5.91 Å². The molecule has 2 aromatic rings. The number of amides is 1. The van der Waals surface area contributed by atoms with Crippen molar-refractivity contribution >= 4 is 11.9 Å². The van der Waals surface area contributed by atoms with Gasteiger partial charge in [0.05, 0.1) is 18.1 Å². The molecule has 0 bridgehead atoms. The van der Waals surface area contributed by atoms with Crippen LogP contribution in [0, 0.1) is 11.3 Å². The van der Waals surface area contributed by atoms with E-state index in [-0.39, 0.29) is 25.5 Å². The zero-order valence-corrected chi connectivity index (χ0v) is 12.5. The summed E-state index contributed by atoms with van der Waals surface area (Å²) < 4.78 is 5.12. The summed E-state index contributed by atoms with van der Waals surface area (Å²) in [6.07, 6.45) is 0.0938. The third kappa shape index (κ3) is 5.29. The molecule has 0 unspecified atom stereocenters. The lowest BCUT2D eigenvalue weighted by atomic mass is 10.1. The molecule has 0 saturated heterocycles. The van der Waals surface area contributed by atoms with Gasteiger partial charge in [0, 0.05) is 12.1 Å². The SMILES string of the molecule is N#Cc1cccc(COC(=O)CCNC(=O)c2ccccc2)c1. The maximum atomic E-state index is 11.8. The minimum atomic E-state index is -0.402. The fraction of sp³-hybridized carbons (Fsp3) is 0.167. The van der Waals surface area contributed by atoms with Crippen molar-refractivity contribution in [1.82, 2.24) is 5.32 Å². The number of rotatable bonds is 6. The first kappa shape index (κ1) is 16.2. The molecule has 5 nitrogen and oxygen atoms in total. The number of nitrogens with zero attached hydrogens (tertiary/aromatic N) is 1. The molecule has 0 spiro atoms. The van der Waals surface area contributed by atoms with Crippen molar-refractivity contribution in [3.8, 4) is 6.07 Å². The molecule has 1 N–H and O–H groups in total. The van der Waals surface area contributed by atoms with Gasteiger partial charge in [-0.15, -0.1) is 0 Å². The average molecular weight is 308 g/mol. The Labute approximate surface area is 134 Å². The van der Waals surface area contributed by atoms with E-state index in [9.17, 15) is 9.59 Å². The van der Waals surface area contributed by atoms with Crippen LogP contribution in [0.15, 0.2) is 54.6 Å². The van der Waals surface area contributed by atoms with Crippen LogP contribution < -0.4 is 5.32 Å². The first-order valence-electron chi connectivity index (χ1n) is 7.17. The van der Waals surface area contributed by atoms with Crippen LogP contribution in [0.4, 0.5) is 0 Å². The molecule has 2 aromatic carbocycles. The zero-order valence-electron chi connectivity index (χ0n) is 12.5. The molecule has 5 heteroatoms. The number of carbonyl (C=O) groups is 2. The molecule has 0 atom stereocenters. The van der Waals surface area contributed by atoms with Gasteiger partial charge in [-0.25, -0.2) is 0 Å². The standard InChI is InChI=1S/C18H16N2O3/c19-12-14-5-4-6-15(11-14)13-23-17(21)9-10-20-18(22)16-7-2-1-3-8-16/h1-8,11H,9-10,13H2,(H,20,22). The second-order valence-electron chi connectivity index (χ2n) is 4.84. The van der Waals surface area contributed by atoms with Gasteiger partial charge < -0.3 is 10.1 Å². The van der Waals surface area contributed by atoms with Crippen molar-refractivity contribution < 1.29 is 14.3 Å². The summed E-state index contributed by atoms with van der Waals surface area (Å²) in [6.45, 7) is 0.325. The van der Waals surface area contributed by atoms with Crippen LogP contribution in [0.5, 0.6) is 0 Å². The van der Waals surface area contributed by atoms with Gasteiger partial charge in [0.15, 0.2) is 0 Å². The van der Waals surface area contributed by atoms with Gasteiger partial charge in [0.1, 0.15) is 6.61 Å². The molecule has 0 saturated carbocycles. The van der Waals surface area contributed by atoms with Crippen molar-refractivity contribution in [3.05, 3.63) is 71.3 Å². The Morgan fingerprint density at radius 2 is 1.87 bits per heavy atom. The number of benzene rings is 2. The van der Waals surface area contributed by atoms with Gasteiger partial charge in [-0.2, -0.15) is 5.26 Å². The fourth-order valence-corrected chi connectivity index (χ4v) is 1.94. The Bertz CT molecular complexity index is 721. The first-order chi connectivity index (χ1) is 11.2. The third-order valence-corrected chi connectivity index (χ3v) is 3.11. The Balaban J connectivity index is 1.71. The lowest BCUT2D eigenvalue weighted by Gasteiger charge is -2.07. The van der Waals surface area contributed by atoms with E-state index >= 15 is 0 Å². The summed E-state index contributed by atoms with van der Waals surface area (Å²) in [5.41, 5.74) is 1.83. The fourth-order valence-electron chi connectivity index (χ4n) is 1.94. The molecule has 0 heterocycles. The van der Waals surface area contributed by atoms with E-state index < -0.39 is 5.97 Å². The molecule has 0 aliphatic carbocycles. The first-order valence-corrected chi connectivity index (χ1v) is 7.17. The number of hydrogen-bond donors (Lipinski definition) is 1. The number of ether oxygens (including phenoxy) is 1. The van der Waals surface area contributed by atoms with E-state index in [2.05, 4.69) is 5.32 Å². The van der Waals surface area contributed by atoms with E-state index in [0.29, 0.717) is 11.1 Å². The van der Waals surface area contributed by atoms with E-state index in [1.165, 1.54) is 0 Å². The highest BCUT2D eigenvalue weighted by Crippen LogP contribution is 2.06. The van der Waals surface area contributed by atoms with Gasteiger partial charge in [0.2, 0.25) is 0 Å². The Kier molecular flexibility index (Phi) is 5.89. The average Bonchev–Trinajstić information content (AvgIpc) is 2.61. The normalized spacial score (nSPS) is 9.70. The molecule has 0 aliphatic heterocycles. The predicted octanol–water partition coefficient (Wildman–Crippen LogP) is 2.42. The molecule has 0 fully saturated rings. The summed E-state index contributed by atoms with van der Waals surface area (Å²) in [5, 5.41) is 11.5. The third-order valence-electron chi connectivity index (χ3n) is 3.11. The van der Waals surface area contributed by atoms with Gasteiger partial charge in [-0.05, 0) is 29.8 Å².